The van der Waals surface area contributed by atoms with Gasteiger partial charge in [0.1, 0.15) is 0 Å². The van der Waals surface area contributed by atoms with Crippen molar-refractivity contribution < 1.29 is 13.9 Å². The van der Waals surface area contributed by atoms with E-state index in [4.69, 9.17) is 4.74 Å². The van der Waals surface area contributed by atoms with E-state index in [1.165, 1.54) is 13.2 Å². The van der Waals surface area contributed by atoms with Crippen LogP contribution in [0.25, 0.3) is 0 Å². The number of methoxy groups -OCH3 is 1. The molecule has 0 atom stereocenters. The highest BCUT2D eigenvalue weighted by Crippen LogP contribution is 2.19. The lowest BCUT2D eigenvalue weighted by Crippen LogP contribution is -2.44. The fraction of sp³-hybridized carbons (Fsp3) is 0.562. The van der Waals surface area contributed by atoms with Crippen LogP contribution in [0.4, 0.5) is 4.39 Å². The molecule has 5 heteroatoms. The van der Waals surface area contributed by atoms with Gasteiger partial charge in [0, 0.05) is 19.5 Å². The van der Waals surface area contributed by atoms with Crippen LogP contribution in [-0.2, 0) is 11.2 Å². The summed E-state index contributed by atoms with van der Waals surface area (Å²) in [6.45, 7) is 1.93. The fourth-order valence-corrected chi connectivity index (χ4v) is 2.69. The molecule has 1 amide bonds. The molecule has 0 bridgehead atoms. The largest absolute Gasteiger partial charge is 0.494 e. The van der Waals surface area contributed by atoms with Gasteiger partial charge in [0.25, 0.3) is 0 Å². The average Bonchev–Trinajstić information content (AvgIpc) is 2.52. The van der Waals surface area contributed by atoms with Crippen molar-refractivity contribution in [2.75, 3.05) is 27.2 Å². The number of benzene rings is 1. The minimum absolute atomic E-state index is 0.123. The Bertz CT molecular complexity index is 487. The van der Waals surface area contributed by atoms with Crippen LogP contribution in [0, 0.1) is 5.82 Å². The molecule has 1 aromatic rings. The summed E-state index contributed by atoms with van der Waals surface area (Å²) in [6.07, 6.45) is 2.96. The Hall–Kier alpha value is -1.62. The van der Waals surface area contributed by atoms with Crippen molar-refractivity contribution in [3.05, 3.63) is 29.6 Å². The molecule has 2 rings (SSSR count). The van der Waals surface area contributed by atoms with Crippen LogP contribution in [0.2, 0.25) is 0 Å². The number of aryl methyl sites for hydroxylation is 1. The minimum Gasteiger partial charge on any atom is -0.494 e. The van der Waals surface area contributed by atoms with Gasteiger partial charge in [-0.2, -0.15) is 0 Å². The number of halogens is 1. The number of piperidine rings is 1. The van der Waals surface area contributed by atoms with Crippen molar-refractivity contribution in [1.29, 1.82) is 0 Å². The second kappa shape index (κ2) is 7.41. The van der Waals surface area contributed by atoms with Crippen LogP contribution < -0.4 is 10.1 Å². The maximum Gasteiger partial charge on any atom is 0.222 e. The van der Waals surface area contributed by atoms with Crippen LogP contribution in [-0.4, -0.2) is 44.1 Å². The van der Waals surface area contributed by atoms with E-state index < -0.39 is 0 Å². The lowest BCUT2D eigenvalue weighted by molar-refractivity contribution is -0.132. The first-order valence-corrected chi connectivity index (χ1v) is 7.40. The maximum absolute atomic E-state index is 13.6. The number of carbonyl (C=O) groups excluding carboxylic acids is 1. The predicted molar refractivity (Wildman–Crippen MR) is 79.9 cm³/mol. The second-order valence-electron chi connectivity index (χ2n) is 5.45. The van der Waals surface area contributed by atoms with Gasteiger partial charge in [-0.15, -0.1) is 0 Å². The van der Waals surface area contributed by atoms with Crippen LogP contribution in [0.5, 0.6) is 5.75 Å². The lowest BCUT2D eigenvalue weighted by atomic mass is 10.0. The Kier molecular flexibility index (Phi) is 5.56. The highest BCUT2D eigenvalue weighted by molar-refractivity contribution is 5.76. The van der Waals surface area contributed by atoms with Gasteiger partial charge in [-0.1, -0.05) is 6.07 Å². The molecular weight excluding hydrogens is 271 g/mol. The van der Waals surface area contributed by atoms with E-state index in [0.717, 1.165) is 31.5 Å². The second-order valence-corrected chi connectivity index (χ2v) is 5.45. The summed E-state index contributed by atoms with van der Waals surface area (Å²) in [4.78, 5) is 14.1. The molecule has 1 heterocycles. The van der Waals surface area contributed by atoms with Gasteiger partial charge in [-0.3, -0.25) is 4.79 Å². The monoisotopic (exact) mass is 294 g/mol. The Morgan fingerprint density at radius 3 is 2.76 bits per heavy atom. The Labute approximate surface area is 125 Å². The minimum atomic E-state index is -0.380. The molecule has 0 spiro atoms. The van der Waals surface area contributed by atoms with Gasteiger partial charge in [-0.25, -0.2) is 4.39 Å². The van der Waals surface area contributed by atoms with Crippen LogP contribution in [0.3, 0.4) is 0 Å². The van der Waals surface area contributed by atoms with E-state index in [2.05, 4.69) is 5.32 Å². The van der Waals surface area contributed by atoms with E-state index in [9.17, 15) is 9.18 Å². The Balaban J connectivity index is 1.86. The summed E-state index contributed by atoms with van der Waals surface area (Å²) in [5.41, 5.74) is 0.820. The zero-order valence-corrected chi connectivity index (χ0v) is 12.7. The van der Waals surface area contributed by atoms with Gasteiger partial charge in [-0.05, 0) is 50.0 Å². The topological polar surface area (TPSA) is 41.6 Å². The molecule has 1 saturated heterocycles. The normalized spacial score (nSPS) is 15.8. The number of nitrogens with one attached hydrogen (secondary N) is 1. The zero-order chi connectivity index (χ0) is 15.2. The van der Waals surface area contributed by atoms with Crippen molar-refractivity contribution >= 4 is 5.91 Å². The molecule has 0 saturated carbocycles. The number of carbonyl (C=O) groups is 1. The highest BCUT2D eigenvalue weighted by atomic mass is 19.1. The summed E-state index contributed by atoms with van der Waals surface area (Å²) in [7, 11) is 3.31. The number of rotatable bonds is 5. The first-order chi connectivity index (χ1) is 10.1. The quantitative estimate of drug-likeness (QED) is 0.903. The van der Waals surface area contributed by atoms with Crippen molar-refractivity contribution in [3.63, 3.8) is 0 Å². The van der Waals surface area contributed by atoms with Gasteiger partial charge >= 0.3 is 0 Å². The standard InChI is InChI=1S/C16H23FN2O2/c1-19(13-7-9-18-10-8-13)16(20)6-4-12-3-5-15(21-2)14(17)11-12/h3,5,11,13,18H,4,6-10H2,1-2H3. The van der Waals surface area contributed by atoms with Gasteiger partial charge < -0.3 is 15.0 Å². The lowest BCUT2D eigenvalue weighted by Gasteiger charge is -2.31. The van der Waals surface area contributed by atoms with Crippen LogP contribution in [0.1, 0.15) is 24.8 Å². The molecule has 1 aromatic carbocycles. The maximum atomic E-state index is 13.6. The molecule has 116 valence electrons. The molecule has 4 nitrogen and oxygen atoms in total. The molecule has 1 N–H and O–H groups in total. The molecule has 0 aliphatic carbocycles. The summed E-state index contributed by atoms with van der Waals surface area (Å²) in [6, 6.07) is 5.17. The summed E-state index contributed by atoms with van der Waals surface area (Å²) in [5, 5.41) is 3.29. The average molecular weight is 294 g/mol. The molecule has 1 aliphatic rings. The molecule has 1 fully saturated rings. The predicted octanol–water partition coefficient (Wildman–Crippen LogP) is 1.98. The first kappa shape index (κ1) is 15.8. The van der Waals surface area contributed by atoms with E-state index >= 15 is 0 Å². The summed E-state index contributed by atoms with van der Waals surface area (Å²) < 4.78 is 18.5. The van der Waals surface area contributed by atoms with Gasteiger partial charge in [0.2, 0.25) is 5.91 Å². The SMILES string of the molecule is COc1ccc(CCC(=O)N(C)C2CCNCC2)cc1F. The van der Waals surface area contributed by atoms with E-state index in [-0.39, 0.29) is 17.5 Å². The molecule has 0 radical (unpaired) electrons. The fourth-order valence-electron chi connectivity index (χ4n) is 2.69. The Morgan fingerprint density at radius 2 is 2.14 bits per heavy atom. The molecular formula is C16H23FN2O2. The van der Waals surface area contributed by atoms with Crippen LogP contribution in [0.15, 0.2) is 18.2 Å². The number of nitrogens with zero attached hydrogens (tertiary/aromatic N) is 1. The third kappa shape index (κ3) is 4.17. The number of hydrogen-bond acceptors (Lipinski definition) is 3. The van der Waals surface area contributed by atoms with Gasteiger partial charge in [0.05, 0.1) is 7.11 Å². The van der Waals surface area contributed by atoms with E-state index in [1.807, 2.05) is 11.9 Å². The number of ether oxygens (including phenoxy) is 1. The number of amides is 1. The Morgan fingerprint density at radius 1 is 1.43 bits per heavy atom. The van der Waals surface area contributed by atoms with E-state index in [0.29, 0.717) is 18.9 Å². The third-order valence-electron chi connectivity index (χ3n) is 4.09. The molecule has 1 aliphatic heterocycles. The summed E-state index contributed by atoms with van der Waals surface area (Å²) in [5.74, 6) is -0.0239. The first-order valence-electron chi connectivity index (χ1n) is 7.40. The van der Waals surface area contributed by atoms with Crippen molar-refractivity contribution in [2.45, 2.75) is 31.7 Å². The van der Waals surface area contributed by atoms with Crippen molar-refractivity contribution in [2.24, 2.45) is 0 Å². The van der Waals surface area contributed by atoms with Crippen LogP contribution >= 0.6 is 0 Å². The van der Waals surface area contributed by atoms with Crippen molar-refractivity contribution in [1.82, 2.24) is 10.2 Å². The third-order valence-corrected chi connectivity index (χ3v) is 4.09. The summed E-state index contributed by atoms with van der Waals surface area (Å²) >= 11 is 0. The smallest absolute Gasteiger partial charge is 0.222 e. The number of hydrogen-bond donors (Lipinski definition) is 1. The van der Waals surface area contributed by atoms with E-state index in [1.54, 1.807) is 12.1 Å². The highest BCUT2D eigenvalue weighted by Gasteiger charge is 2.21. The zero-order valence-electron chi connectivity index (χ0n) is 12.7. The van der Waals surface area contributed by atoms with Gasteiger partial charge in [0.15, 0.2) is 11.6 Å². The molecule has 21 heavy (non-hydrogen) atoms. The molecule has 0 aromatic heterocycles. The molecule has 0 unspecified atom stereocenters. The van der Waals surface area contributed by atoms with Crippen molar-refractivity contribution in [3.8, 4) is 5.75 Å².